The van der Waals surface area contributed by atoms with Crippen LogP contribution in [0.4, 0.5) is 17.6 Å². The minimum Gasteiger partial charge on any atom is -0.347 e. The second-order valence-electron chi connectivity index (χ2n) is 7.24. The predicted molar refractivity (Wildman–Crippen MR) is 98.3 cm³/mol. The number of hydrogen-bond acceptors (Lipinski definition) is 3. The summed E-state index contributed by atoms with van der Waals surface area (Å²) in [5.41, 5.74) is 1.75. The first-order valence-electron chi connectivity index (χ1n) is 8.98. The largest absolute Gasteiger partial charge is 0.416 e. The van der Waals surface area contributed by atoms with Gasteiger partial charge >= 0.3 is 6.18 Å². The Bertz CT molecular complexity index is 1080. The van der Waals surface area contributed by atoms with E-state index in [2.05, 4.69) is 10.3 Å². The molecular formula is C20H18F4N4O. The van der Waals surface area contributed by atoms with Gasteiger partial charge in [0.05, 0.1) is 35.5 Å². The van der Waals surface area contributed by atoms with Crippen molar-refractivity contribution in [2.45, 2.75) is 18.8 Å². The quantitative estimate of drug-likeness (QED) is 0.679. The molecule has 1 aliphatic rings. The average Bonchev–Trinajstić information content (AvgIpc) is 3.00. The zero-order chi connectivity index (χ0) is 20.8. The van der Waals surface area contributed by atoms with Gasteiger partial charge in [-0.15, -0.1) is 0 Å². The molecule has 0 saturated carbocycles. The number of aryl methyl sites for hydroxylation is 1. The van der Waals surface area contributed by atoms with Gasteiger partial charge in [-0.3, -0.25) is 9.69 Å². The fourth-order valence-electron chi connectivity index (χ4n) is 3.64. The molecule has 1 unspecified atom stereocenters. The number of imidazole rings is 1. The summed E-state index contributed by atoms with van der Waals surface area (Å²) in [6.45, 7) is 0.466. The monoisotopic (exact) mass is 406 g/mol. The van der Waals surface area contributed by atoms with Gasteiger partial charge in [0.2, 0.25) is 5.91 Å². The minimum absolute atomic E-state index is 0.0301. The number of nitrogens with one attached hydrogen (secondary N) is 1. The zero-order valence-corrected chi connectivity index (χ0v) is 15.5. The number of halogens is 4. The average molecular weight is 406 g/mol. The molecule has 0 spiro atoms. The Labute approximate surface area is 163 Å². The van der Waals surface area contributed by atoms with Gasteiger partial charge in [-0.05, 0) is 41.5 Å². The van der Waals surface area contributed by atoms with E-state index in [1.807, 2.05) is 29.8 Å². The highest BCUT2D eigenvalue weighted by atomic mass is 19.4. The molecule has 1 fully saturated rings. The number of benzene rings is 2. The molecule has 29 heavy (non-hydrogen) atoms. The Balaban J connectivity index is 1.57. The van der Waals surface area contributed by atoms with Crippen LogP contribution in [-0.4, -0.2) is 33.4 Å². The molecule has 0 bridgehead atoms. The van der Waals surface area contributed by atoms with E-state index in [0.29, 0.717) is 12.6 Å². The second-order valence-corrected chi connectivity index (χ2v) is 7.24. The van der Waals surface area contributed by atoms with Crippen LogP contribution in [0.2, 0.25) is 0 Å². The van der Waals surface area contributed by atoms with Crippen molar-refractivity contribution in [2.24, 2.45) is 7.05 Å². The van der Waals surface area contributed by atoms with Crippen molar-refractivity contribution in [1.29, 1.82) is 0 Å². The Morgan fingerprint density at radius 3 is 2.76 bits per heavy atom. The summed E-state index contributed by atoms with van der Waals surface area (Å²) >= 11 is 0. The van der Waals surface area contributed by atoms with Crippen molar-refractivity contribution in [3.8, 4) is 0 Å². The minimum atomic E-state index is -4.63. The molecule has 4 rings (SSSR count). The Morgan fingerprint density at radius 1 is 1.21 bits per heavy atom. The number of nitrogens with zero attached hydrogens (tertiary/aromatic N) is 3. The molecular weight excluding hydrogens is 388 g/mol. The highest BCUT2D eigenvalue weighted by Gasteiger charge is 2.32. The third kappa shape index (κ3) is 4.09. The molecule has 1 atom stereocenters. The van der Waals surface area contributed by atoms with E-state index in [4.69, 9.17) is 0 Å². The number of rotatable bonds is 3. The molecule has 1 aromatic heterocycles. The number of fused-ring (bicyclic) bond motifs is 1. The van der Waals surface area contributed by atoms with Gasteiger partial charge in [0.25, 0.3) is 0 Å². The maximum Gasteiger partial charge on any atom is 0.416 e. The Hall–Kier alpha value is -2.94. The fourth-order valence-corrected chi connectivity index (χ4v) is 3.64. The van der Waals surface area contributed by atoms with E-state index in [1.165, 1.54) is 0 Å². The third-order valence-electron chi connectivity index (χ3n) is 4.99. The molecule has 1 amide bonds. The summed E-state index contributed by atoms with van der Waals surface area (Å²) in [5, 5.41) is 2.91. The van der Waals surface area contributed by atoms with Crippen LogP contribution in [0.5, 0.6) is 0 Å². The molecule has 3 aromatic rings. The molecule has 5 nitrogen and oxygen atoms in total. The molecule has 1 N–H and O–H groups in total. The maximum atomic E-state index is 13.7. The van der Waals surface area contributed by atoms with Gasteiger partial charge in [-0.25, -0.2) is 9.37 Å². The number of carbonyl (C=O) groups excluding carboxylic acids is 1. The van der Waals surface area contributed by atoms with Crippen molar-refractivity contribution in [1.82, 2.24) is 19.8 Å². The van der Waals surface area contributed by atoms with Gasteiger partial charge < -0.3 is 9.88 Å². The van der Waals surface area contributed by atoms with Crippen LogP contribution >= 0.6 is 0 Å². The molecule has 1 aliphatic heterocycles. The van der Waals surface area contributed by atoms with Gasteiger partial charge in [0.15, 0.2) is 0 Å². The zero-order valence-electron chi connectivity index (χ0n) is 15.5. The molecule has 2 aromatic carbocycles. The fraction of sp³-hybridized carbons (Fsp3) is 0.300. The first-order valence-corrected chi connectivity index (χ1v) is 8.98. The van der Waals surface area contributed by atoms with E-state index in [9.17, 15) is 22.4 Å². The number of amides is 1. The van der Waals surface area contributed by atoms with E-state index < -0.39 is 17.6 Å². The second kappa shape index (κ2) is 7.14. The van der Waals surface area contributed by atoms with Gasteiger partial charge in [0, 0.05) is 20.1 Å². The van der Waals surface area contributed by atoms with E-state index in [0.717, 1.165) is 28.7 Å². The number of carbonyl (C=O) groups is 1. The summed E-state index contributed by atoms with van der Waals surface area (Å²) < 4.78 is 54.4. The van der Waals surface area contributed by atoms with Crippen LogP contribution < -0.4 is 5.32 Å². The van der Waals surface area contributed by atoms with Gasteiger partial charge in [-0.1, -0.05) is 6.07 Å². The van der Waals surface area contributed by atoms with Crippen LogP contribution in [0, 0.1) is 5.82 Å². The predicted octanol–water partition coefficient (Wildman–Crippen LogP) is 3.40. The lowest BCUT2D eigenvalue weighted by Gasteiger charge is -2.33. The van der Waals surface area contributed by atoms with E-state index in [-0.39, 0.29) is 30.6 Å². The normalized spacial score (nSPS) is 18.2. The van der Waals surface area contributed by atoms with Crippen LogP contribution in [0.15, 0.2) is 42.7 Å². The first-order chi connectivity index (χ1) is 13.7. The van der Waals surface area contributed by atoms with Crippen molar-refractivity contribution < 1.29 is 22.4 Å². The lowest BCUT2D eigenvalue weighted by atomic mass is 10.0. The van der Waals surface area contributed by atoms with Crippen LogP contribution in [0.25, 0.3) is 11.0 Å². The molecule has 9 heteroatoms. The highest BCUT2D eigenvalue weighted by molar-refractivity contribution is 5.80. The van der Waals surface area contributed by atoms with E-state index in [1.54, 1.807) is 11.2 Å². The third-order valence-corrected chi connectivity index (χ3v) is 4.99. The Morgan fingerprint density at radius 2 is 2.00 bits per heavy atom. The van der Waals surface area contributed by atoms with Gasteiger partial charge in [0.1, 0.15) is 5.82 Å². The molecule has 2 heterocycles. The maximum absolute atomic E-state index is 13.7. The van der Waals surface area contributed by atoms with Crippen molar-refractivity contribution in [2.75, 3.05) is 13.1 Å². The molecule has 0 radical (unpaired) electrons. The standard InChI is InChI=1S/C20H18F4N4O/c1-27-11-25-16-3-2-13(6-18(16)27)17-9-28(10-19(29)26-17)8-12-4-14(20(22,23)24)7-15(21)5-12/h2-7,11,17H,8-10H2,1H3,(H,26,29). The smallest absolute Gasteiger partial charge is 0.347 e. The van der Waals surface area contributed by atoms with E-state index >= 15 is 0 Å². The molecule has 1 saturated heterocycles. The number of alkyl halides is 3. The summed E-state index contributed by atoms with van der Waals surface area (Å²) in [6.07, 6.45) is -2.93. The SMILES string of the molecule is Cn1cnc2ccc(C3CN(Cc4cc(F)cc(C(F)(F)F)c4)CC(=O)N3)cc21. The summed E-state index contributed by atoms with van der Waals surface area (Å²) in [7, 11) is 1.87. The molecule has 0 aliphatic carbocycles. The summed E-state index contributed by atoms with van der Waals surface area (Å²) in [4.78, 5) is 18.2. The van der Waals surface area contributed by atoms with Crippen molar-refractivity contribution in [3.63, 3.8) is 0 Å². The van der Waals surface area contributed by atoms with Crippen molar-refractivity contribution in [3.05, 3.63) is 65.2 Å². The highest BCUT2D eigenvalue weighted by Crippen LogP contribution is 2.31. The lowest BCUT2D eigenvalue weighted by molar-refractivity contribution is -0.138. The number of hydrogen-bond donors (Lipinski definition) is 1. The van der Waals surface area contributed by atoms with Gasteiger partial charge in [-0.2, -0.15) is 13.2 Å². The Kier molecular flexibility index (Phi) is 4.77. The number of piperazine rings is 1. The van der Waals surface area contributed by atoms with Crippen LogP contribution in [-0.2, 0) is 24.6 Å². The lowest BCUT2D eigenvalue weighted by Crippen LogP contribution is -2.49. The summed E-state index contributed by atoms with van der Waals surface area (Å²) in [6, 6.07) is 7.79. The van der Waals surface area contributed by atoms with Crippen LogP contribution in [0.3, 0.4) is 0 Å². The first kappa shape index (κ1) is 19.4. The van der Waals surface area contributed by atoms with Crippen molar-refractivity contribution >= 4 is 16.9 Å². The topological polar surface area (TPSA) is 50.2 Å². The van der Waals surface area contributed by atoms with Crippen LogP contribution in [0.1, 0.15) is 22.7 Å². The number of aromatic nitrogens is 2. The summed E-state index contributed by atoms with van der Waals surface area (Å²) in [5.74, 6) is -1.19. The molecule has 152 valence electrons.